The van der Waals surface area contributed by atoms with Gasteiger partial charge in [-0.2, -0.15) is 0 Å². The maximum Gasteiger partial charge on any atom is 0.142 e. The van der Waals surface area contributed by atoms with E-state index < -0.39 is 0 Å². The first kappa shape index (κ1) is 12.1. The lowest BCUT2D eigenvalue weighted by molar-refractivity contribution is 0.0818. The van der Waals surface area contributed by atoms with Gasteiger partial charge in [-0.3, -0.25) is 0 Å². The number of anilines is 1. The Labute approximate surface area is 110 Å². The lowest BCUT2D eigenvalue weighted by atomic mass is 10.1. The fraction of sp³-hybridized carbons (Fsp3) is 0.583. The van der Waals surface area contributed by atoms with Gasteiger partial charge in [0.15, 0.2) is 0 Å². The summed E-state index contributed by atoms with van der Waals surface area (Å²) in [7, 11) is 1.80. The topological polar surface area (TPSA) is 25.4 Å². The zero-order chi connectivity index (χ0) is 11.5. The van der Waals surface area contributed by atoms with Crippen molar-refractivity contribution in [2.45, 2.75) is 25.9 Å². The summed E-state index contributed by atoms with van der Waals surface area (Å²) in [6.07, 6.45) is 4.57. The van der Waals surface area contributed by atoms with E-state index in [4.69, 9.17) is 4.74 Å². The number of halogens is 1. The van der Waals surface area contributed by atoms with Crippen LogP contribution < -0.4 is 4.90 Å². The summed E-state index contributed by atoms with van der Waals surface area (Å²) in [5, 5.41) is 0. The van der Waals surface area contributed by atoms with Crippen molar-refractivity contribution in [2.24, 2.45) is 0 Å². The Bertz CT molecular complexity index is 362. The van der Waals surface area contributed by atoms with E-state index in [-0.39, 0.29) is 0 Å². The van der Waals surface area contributed by atoms with Gasteiger partial charge in [0.2, 0.25) is 0 Å². The van der Waals surface area contributed by atoms with Gasteiger partial charge >= 0.3 is 0 Å². The quantitative estimate of drug-likeness (QED) is 0.779. The van der Waals surface area contributed by atoms with Crippen molar-refractivity contribution in [2.75, 3.05) is 25.1 Å². The van der Waals surface area contributed by atoms with E-state index in [2.05, 4.69) is 45.5 Å². The monoisotopic (exact) mass is 332 g/mol. The maximum absolute atomic E-state index is 5.38. The molecular weight excluding hydrogens is 315 g/mol. The van der Waals surface area contributed by atoms with Crippen LogP contribution >= 0.6 is 22.6 Å². The molecule has 0 bridgehead atoms. The van der Waals surface area contributed by atoms with E-state index in [9.17, 15) is 0 Å². The van der Waals surface area contributed by atoms with E-state index >= 15 is 0 Å². The molecule has 0 aliphatic carbocycles. The Balaban J connectivity index is 2.08. The molecule has 3 nitrogen and oxygen atoms in total. The van der Waals surface area contributed by atoms with E-state index in [1.54, 1.807) is 7.11 Å². The normalized spacial score (nSPS) is 17.8. The van der Waals surface area contributed by atoms with Crippen LogP contribution in [0.2, 0.25) is 0 Å². The van der Waals surface area contributed by atoms with Crippen molar-refractivity contribution in [3.63, 3.8) is 0 Å². The lowest BCUT2D eigenvalue weighted by Crippen LogP contribution is -2.37. The summed E-state index contributed by atoms with van der Waals surface area (Å²) in [5.41, 5.74) is 1.22. The van der Waals surface area contributed by atoms with Crippen LogP contribution in [0.5, 0.6) is 0 Å². The number of ether oxygens (including phenoxy) is 1. The molecular formula is C12H17IN2O. The van der Waals surface area contributed by atoms with Crippen LogP contribution in [0.15, 0.2) is 12.3 Å². The number of piperidine rings is 1. The van der Waals surface area contributed by atoms with Gasteiger partial charge in [-0.15, -0.1) is 0 Å². The zero-order valence-electron chi connectivity index (χ0n) is 9.74. The van der Waals surface area contributed by atoms with Crippen LogP contribution in [-0.2, 0) is 4.74 Å². The molecule has 0 spiro atoms. The molecule has 0 amide bonds. The van der Waals surface area contributed by atoms with Gasteiger partial charge < -0.3 is 9.64 Å². The van der Waals surface area contributed by atoms with E-state index in [1.807, 2.05) is 6.20 Å². The zero-order valence-corrected chi connectivity index (χ0v) is 11.9. The molecule has 2 rings (SSSR count). The molecule has 0 unspecified atom stereocenters. The van der Waals surface area contributed by atoms with Crippen molar-refractivity contribution in [1.82, 2.24) is 4.98 Å². The van der Waals surface area contributed by atoms with Crippen LogP contribution in [-0.4, -0.2) is 31.3 Å². The Hall–Kier alpha value is -0.360. The highest BCUT2D eigenvalue weighted by Gasteiger charge is 2.20. The predicted molar refractivity (Wildman–Crippen MR) is 73.9 cm³/mol. The number of aryl methyl sites for hydroxylation is 1. The minimum absolute atomic E-state index is 0.430. The number of nitrogens with zero attached hydrogens (tertiary/aromatic N) is 2. The first-order valence-electron chi connectivity index (χ1n) is 5.60. The van der Waals surface area contributed by atoms with Crippen LogP contribution in [0.25, 0.3) is 0 Å². The predicted octanol–water partition coefficient (Wildman–Crippen LogP) is 2.61. The summed E-state index contributed by atoms with van der Waals surface area (Å²) in [6, 6.07) is 2.19. The van der Waals surface area contributed by atoms with Gasteiger partial charge in [0.1, 0.15) is 5.82 Å². The highest BCUT2D eigenvalue weighted by Crippen LogP contribution is 2.24. The van der Waals surface area contributed by atoms with Crippen LogP contribution in [0.3, 0.4) is 0 Å². The average molecular weight is 332 g/mol. The van der Waals surface area contributed by atoms with Crippen LogP contribution in [0.1, 0.15) is 18.4 Å². The molecule has 1 aromatic heterocycles. The third kappa shape index (κ3) is 2.66. The van der Waals surface area contributed by atoms with Crippen LogP contribution in [0, 0.1) is 10.5 Å². The minimum Gasteiger partial charge on any atom is -0.381 e. The van der Waals surface area contributed by atoms with Crippen molar-refractivity contribution >= 4 is 28.4 Å². The SMILES string of the molecule is COC1CCN(c2ncc(C)cc2I)CC1. The fourth-order valence-corrected chi connectivity index (χ4v) is 3.03. The van der Waals surface area contributed by atoms with Crippen molar-refractivity contribution in [3.05, 3.63) is 21.4 Å². The van der Waals surface area contributed by atoms with Crippen molar-refractivity contribution in [3.8, 4) is 0 Å². The summed E-state index contributed by atoms with van der Waals surface area (Å²) in [4.78, 5) is 6.89. The van der Waals surface area contributed by atoms with E-state index in [0.717, 1.165) is 31.7 Å². The molecule has 0 atom stereocenters. The largest absolute Gasteiger partial charge is 0.381 e. The number of methoxy groups -OCH3 is 1. The molecule has 4 heteroatoms. The second-order valence-electron chi connectivity index (χ2n) is 4.24. The lowest BCUT2D eigenvalue weighted by Gasteiger charge is -2.32. The minimum atomic E-state index is 0.430. The van der Waals surface area contributed by atoms with Crippen molar-refractivity contribution in [1.29, 1.82) is 0 Å². The van der Waals surface area contributed by atoms with Gasteiger partial charge in [-0.1, -0.05) is 0 Å². The first-order chi connectivity index (χ1) is 7.70. The average Bonchev–Trinajstić information content (AvgIpc) is 2.29. The molecule has 0 aromatic carbocycles. The molecule has 1 aliphatic rings. The molecule has 1 aromatic rings. The third-order valence-corrected chi connectivity index (χ3v) is 3.83. The second kappa shape index (κ2) is 5.31. The summed E-state index contributed by atoms with van der Waals surface area (Å²) < 4.78 is 6.62. The molecule has 0 N–H and O–H groups in total. The fourth-order valence-electron chi connectivity index (χ4n) is 2.06. The molecule has 1 fully saturated rings. The van der Waals surface area contributed by atoms with Crippen LogP contribution in [0.4, 0.5) is 5.82 Å². The molecule has 16 heavy (non-hydrogen) atoms. The Morgan fingerprint density at radius 2 is 2.12 bits per heavy atom. The number of hydrogen-bond acceptors (Lipinski definition) is 3. The van der Waals surface area contributed by atoms with E-state index in [1.165, 1.54) is 9.13 Å². The maximum atomic E-state index is 5.38. The van der Waals surface area contributed by atoms with Gasteiger partial charge in [-0.05, 0) is 54.0 Å². The third-order valence-electron chi connectivity index (χ3n) is 3.03. The van der Waals surface area contributed by atoms with Gasteiger partial charge in [-0.25, -0.2) is 4.98 Å². The summed E-state index contributed by atoms with van der Waals surface area (Å²) >= 11 is 2.37. The number of rotatable bonds is 2. The smallest absolute Gasteiger partial charge is 0.142 e. The molecule has 2 heterocycles. The molecule has 1 aliphatic heterocycles. The highest BCUT2D eigenvalue weighted by molar-refractivity contribution is 14.1. The summed E-state index contributed by atoms with van der Waals surface area (Å²) in [6.45, 7) is 4.17. The Morgan fingerprint density at radius 1 is 1.44 bits per heavy atom. The van der Waals surface area contributed by atoms with Crippen molar-refractivity contribution < 1.29 is 4.74 Å². The summed E-state index contributed by atoms with van der Waals surface area (Å²) in [5.74, 6) is 1.13. The standard InChI is InChI=1S/C12H17IN2O/c1-9-7-11(13)12(14-8-9)15-5-3-10(16-2)4-6-15/h7-8,10H,3-6H2,1-2H3. The number of aromatic nitrogens is 1. The first-order valence-corrected chi connectivity index (χ1v) is 6.68. The van der Waals surface area contributed by atoms with Gasteiger partial charge in [0.25, 0.3) is 0 Å². The molecule has 0 radical (unpaired) electrons. The Kier molecular flexibility index (Phi) is 4.02. The van der Waals surface area contributed by atoms with Gasteiger partial charge in [0.05, 0.1) is 9.67 Å². The van der Waals surface area contributed by atoms with Gasteiger partial charge in [0, 0.05) is 26.4 Å². The number of pyridine rings is 1. The number of hydrogen-bond donors (Lipinski definition) is 0. The second-order valence-corrected chi connectivity index (χ2v) is 5.40. The highest BCUT2D eigenvalue weighted by atomic mass is 127. The van der Waals surface area contributed by atoms with E-state index in [0.29, 0.717) is 6.10 Å². The molecule has 1 saturated heterocycles. The molecule has 0 saturated carbocycles. The Morgan fingerprint density at radius 3 is 2.69 bits per heavy atom. The molecule has 88 valence electrons.